The van der Waals surface area contributed by atoms with Crippen LogP contribution in [-0.2, 0) is 28.5 Å². The van der Waals surface area contributed by atoms with Gasteiger partial charge in [-0.1, -0.05) is 78.3 Å². The third kappa shape index (κ3) is 6.10. The molecule has 0 fully saturated rings. The fourth-order valence-corrected chi connectivity index (χ4v) is 4.96. The van der Waals surface area contributed by atoms with E-state index in [1.165, 1.54) is 6.92 Å². The molecule has 4 aromatic rings. The Kier molecular flexibility index (Phi) is 7.72. The Morgan fingerprint density at radius 1 is 1.00 bits per heavy atom. The molecule has 0 radical (unpaired) electrons. The standard InChI is InChI=1S/C32H37ClN2O3/c1-19(26-11-9-10-14-34-26)23-17-22(33)18-27-29(23)38-28(35-27)13-12-21-15-24(31(3,4)5)30(37-20(2)36)25(16-21)32(6,7)8/h9-11,14-19H,12-13H2,1-8H3. The van der Waals surface area contributed by atoms with E-state index in [2.05, 4.69) is 65.6 Å². The molecule has 1 atom stereocenters. The van der Waals surface area contributed by atoms with E-state index in [0.717, 1.165) is 45.5 Å². The summed E-state index contributed by atoms with van der Waals surface area (Å²) in [5.74, 6) is 1.03. The van der Waals surface area contributed by atoms with Crippen molar-refractivity contribution in [1.82, 2.24) is 9.97 Å². The predicted molar refractivity (Wildman–Crippen MR) is 153 cm³/mol. The molecule has 0 aliphatic heterocycles. The van der Waals surface area contributed by atoms with Crippen LogP contribution in [0.15, 0.2) is 53.1 Å². The van der Waals surface area contributed by atoms with Gasteiger partial charge < -0.3 is 9.15 Å². The Hall–Kier alpha value is -3.18. The Morgan fingerprint density at radius 3 is 2.21 bits per heavy atom. The third-order valence-electron chi connectivity index (χ3n) is 6.76. The number of hydrogen-bond acceptors (Lipinski definition) is 5. The molecule has 1 unspecified atom stereocenters. The minimum absolute atomic E-state index is 0.00991. The molecule has 0 saturated heterocycles. The predicted octanol–water partition coefficient (Wildman–Crippen LogP) is 8.33. The van der Waals surface area contributed by atoms with E-state index >= 15 is 0 Å². The van der Waals surface area contributed by atoms with Crippen molar-refractivity contribution in [2.24, 2.45) is 0 Å². The number of pyridine rings is 1. The van der Waals surface area contributed by atoms with Crippen LogP contribution in [-0.4, -0.2) is 15.9 Å². The van der Waals surface area contributed by atoms with Crippen LogP contribution in [0.2, 0.25) is 5.02 Å². The molecule has 0 saturated carbocycles. The smallest absolute Gasteiger partial charge is 0.308 e. The zero-order chi connectivity index (χ0) is 27.8. The van der Waals surface area contributed by atoms with Crippen LogP contribution in [0.1, 0.15) is 95.1 Å². The number of carbonyl (C=O) groups is 1. The molecular formula is C32H37ClN2O3. The van der Waals surface area contributed by atoms with Crippen LogP contribution >= 0.6 is 11.6 Å². The first-order chi connectivity index (χ1) is 17.7. The second-order valence-corrected chi connectivity index (χ2v) is 12.5. The Balaban J connectivity index is 1.70. The van der Waals surface area contributed by atoms with E-state index in [1.807, 2.05) is 30.3 Å². The summed E-state index contributed by atoms with van der Waals surface area (Å²) in [5.41, 5.74) is 6.21. The van der Waals surface area contributed by atoms with Gasteiger partial charge in [0.1, 0.15) is 11.3 Å². The molecule has 5 nitrogen and oxygen atoms in total. The van der Waals surface area contributed by atoms with E-state index in [-0.39, 0.29) is 22.7 Å². The molecule has 0 amide bonds. The molecule has 2 heterocycles. The Morgan fingerprint density at radius 2 is 1.66 bits per heavy atom. The van der Waals surface area contributed by atoms with Crippen LogP contribution in [0.3, 0.4) is 0 Å². The average molecular weight is 533 g/mol. The zero-order valence-electron chi connectivity index (χ0n) is 23.6. The molecule has 38 heavy (non-hydrogen) atoms. The van der Waals surface area contributed by atoms with Crippen molar-refractivity contribution in [3.8, 4) is 5.75 Å². The normalized spacial score (nSPS) is 13.1. The molecule has 0 spiro atoms. The highest BCUT2D eigenvalue weighted by molar-refractivity contribution is 6.31. The molecule has 200 valence electrons. The molecule has 0 aliphatic rings. The summed E-state index contributed by atoms with van der Waals surface area (Å²) in [4.78, 5) is 21.3. The molecule has 2 aromatic carbocycles. The topological polar surface area (TPSA) is 65.2 Å². The number of rotatable bonds is 6. The minimum Gasteiger partial charge on any atom is -0.440 e. The van der Waals surface area contributed by atoms with Crippen molar-refractivity contribution < 1.29 is 13.9 Å². The van der Waals surface area contributed by atoms with E-state index in [0.29, 0.717) is 23.1 Å². The highest BCUT2D eigenvalue weighted by Crippen LogP contribution is 2.41. The van der Waals surface area contributed by atoms with E-state index in [1.54, 1.807) is 6.20 Å². The lowest BCUT2D eigenvalue weighted by atomic mass is 9.78. The number of carbonyl (C=O) groups excluding carboxylic acids is 1. The second kappa shape index (κ2) is 10.5. The number of halogens is 1. The largest absolute Gasteiger partial charge is 0.440 e. The third-order valence-corrected chi connectivity index (χ3v) is 6.98. The van der Waals surface area contributed by atoms with Gasteiger partial charge in [-0.05, 0) is 47.1 Å². The highest BCUT2D eigenvalue weighted by atomic mass is 35.5. The summed E-state index contributed by atoms with van der Waals surface area (Å²) >= 11 is 6.47. The van der Waals surface area contributed by atoms with E-state index in [9.17, 15) is 4.79 Å². The fraction of sp³-hybridized carbons (Fsp3) is 0.406. The van der Waals surface area contributed by atoms with Gasteiger partial charge in [0.15, 0.2) is 11.5 Å². The van der Waals surface area contributed by atoms with Crippen LogP contribution < -0.4 is 4.74 Å². The van der Waals surface area contributed by atoms with E-state index < -0.39 is 0 Å². The van der Waals surface area contributed by atoms with Gasteiger partial charge in [0.2, 0.25) is 0 Å². The highest BCUT2D eigenvalue weighted by Gasteiger charge is 2.29. The van der Waals surface area contributed by atoms with Gasteiger partial charge >= 0.3 is 5.97 Å². The number of nitrogens with zero attached hydrogens (tertiary/aromatic N) is 2. The number of aromatic nitrogens is 2. The average Bonchev–Trinajstić information content (AvgIpc) is 3.23. The summed E-state index contributed by atoms with van der Waals surface area (Å²) in [6, 6.07) is 14.0. The summed E-state index contributed by atoms with van der Waals surface area (Å²) < 4.78 is 12.1. The van der Waals surface area contributed by atoms with Crippen molar-refractivity contribution in [3.05, 3.63) is 87.5 Å². The van der Waals surface area contributed by atoms with Crippen LogP contribution in [0.25, 0.3) is 11.1 Å². The first-order valence-corrected chi connectivity index (χ1v) is 13.5. The quantitative estimate of drug-likeness (QED) is 0.184. The van der Waals surface area contributed by atoms with Gasteiger partial charge in [-0.3, -0.25) is 9.78 Å². The maximum atomic E-state index is 12.0. The molecule has 0 N–H and O–H groups in total. The summed E-state index contributed by atoms with van der Waals surface area (Å²) in [5, 5.41) is 0.626. The lowest BCUT2D eigenvalue weighted by Crippen LogP contribution is -2.21. The summed E-state index contributed by atoms with van der Waals surface area (Å²) in [6.07, 6.45) is 3.16. The SMILES string of the molecule is CC(=O)Oc1c(C(C)(C)C)cc(CCc2nc3cc(Cl)cc(C(C)c4ccccn4)c3o2)cc1C(C)(C)C. The minimum atomic E-state index is -0.311. The van der Waals surface area contributed by atoms with Gasteiger partial charge in [0, 0.05) is 52.9 Å². The maximum absolute atomic E-state index is 12.0. The molecule has 6 heteroatoms. The van der Waals surface area contributed by atoms with Crippen LogP contribution in [0.5, 0.6) is 5.75 Å². The van der Waals surface area contributed by atoms with Crippen molar-refractivity contribution in [1.29, 1.82) is 0 Å². The van der Waals surface area contributed by atoms with Crippen LogP contribution in [0.4, 0.5) is 0 Å². The number of benzene rings is 2. The Bertz CT molecular complexity index is 1430. The number of aryl methyl sites for hydroxylation is 2. The van der Waals surface area contributed by atoms with Crippen molar-refractivity contribution in [2.45, 2.75) is 85.0 Å². The fourth-order valence-electron chi connectivity index (χ4n) is 4.74. The number of hydrogen-bond donors (Lipinski definition) is 0. The lowest BCUT2D eigenvalue weighted by molar-refractivity contribution is -0.132. The molecule has 0 aliphatic carbocycles. The van der Waals surface area contributed by atoms with E-state index in [4.69, 9.17) is 25.7 Å². The van der Waals surface area contributed by atoms with Gasteiger partial charge in [-0.2, -0.15) is 0 Å². The first kappa shape index (κ1) is 27.8. The van der Waals surface area contributed by atoms with Crippen molar-refractivity contribution in [2.75, 3.05) is 0 Å². The van der Waals surface area contributed by atoms with Gasteiger partial charge in [-0.15, -0.1) is 0 Å². The summed E-state index contributed by atoms with van der Waals surface area (Å²) in [6.45, 7) is 16.4. The molecule has 4 rings (SSSR count). The van der Waals surface area contributed by atoms with Gasteiger partial charge in [0.25, 0.3) is 0 Å². The molecular weight excluding hydrogens is 496 g/mol. The number of esters is 1. The van der Waals surface area contributed by atoms with Gasteiger partial charge in [0.05, 0.1) is 0 Å². The number of fused-ring (bicyclic) bond motifs is 1. The maximum Gasteiger partial charge on any atom is 0.308 e. The van der Waals surface area contributed by atoms with Crippen molar-refractivity contribution >= 4 is 28.7 Å². The zero-order valence-corrected chi connectivity index (χ0v) is 24.4. The van der Waals surface area contributed by atoms with Gasteiger partial charge in [-0.25, -0.2) is 4.98 Å². The lowest BCUT2D eigenvalue weighted by Gasteiger charge is -2.30. The Labute approximate surface area is 230 Å². The first-order valence-electron chi connectivity index (χ1n) is 13.1. The summed E-state index contributed by atoms with van der Waals surface area (Å²) in [7, 11) is 0. The van der Waals surface area contributed by atoms with Crippen LogP contribution in [0, 0.1) is 0 Å². The van der Waals surface area contributed by atoms with Crippen molar-refractivity contribution in [3.63, 3.8) is 0 Å². The molecule has 2 aromatic heterocycles. The monoisotopic (exact) mass is 532 g/mol. The second-order valence-electron chi connectivity index (χ2n) is 12.0. The number of ether oxygens (including phenoxy) is 1. The molecule has 0 bridgehead atoms. The number of oxazole rings is 1.